The minimum atomic E-state index is -2.13. The van der Waals surface area contributed by atoms with Gasteiger partial charge in [0.25, 0.3) is 0 Å². The van der Waals surface area contributed by atoms with Crippen LogP contribution in [0.15, 0.2) is 0 Å². The van der Waals surface area contributed by atoms with Crippen molar-refractivity contribution >= 4 is 17.8 Å². The molecule has 0 aromatic rings. The van der Waals surface area contributed by atoms with Crippen LogP contribution in [-0.4, -0.2) is 56.0 Å². The highest BCUT2D eigenvalue weighted by atomic mass is 16.4. The Morgan fingerprint density at radius 3 is 2.11 bits per heavy atom. The van der Waals surface area contributed by atoms with E-state index >= 15 is 0 Å². The molecule has 0 radical (unpaired) electrons. The quantitative estimate of drug-likeness (QED) is 0.381. The van der Waals surface area contributed by atoms with Crippen molar-refractivity contribution in [1.82, 2.24) is 5.32 Å². The molecule has 6 unspecified atom stereocenters. The van der Waals surface area contributed by atoms with E-state index in [1.54, 1.807) is 0 Å². The van der Waals surface area contributed by atoms with E-state index in [9.17, 15) is 29.7 Å². The minimum absolute atomic E-state index is 0.708. The average molecular weight is 259 g/mol. The third-order valence-corrected chi connectivity index (χ3v) is 3.81. The lowest BCUT2D eigenvalue weighted by atomic mass is 9.86. The van der Waals surface area contributed by atoms with E-state index in [0.717, 1.165) is 6.92 Å². The number of carboxylic acids is 2. The summed E-state index contributed by atoms with van der Waals surface area (Å²) >= 11 is 0. The summed E-state index contributed by atoms with van der Waals surface area (Å²) in [4.78, 5) is 33.4. The molecule has 2 aliphatic carbocycles. The van der Waals surface area contributed by atoms with E-state index in [0.29, 0.717) is 0 Å². The minimum Gasteiger partial charge on any atom is -0.481 e. The number of carboxylic acid groups (broad SMARTS) is 2. The van der Waals surface area contributed by atoms with Crippen molar-refractivity contribution < 1.29 is 34.8 Å². The van der Waals surface area contributed by atoms with E-state index < -0.39 is 53.3 Å². The highest BCUT2D eigenvalue weighted by Crippen LogP contribution is 2.62. The lowest BCUT2D eigenvalue weighted by Crippen LogP contribution is -2.64. The predicted octanol–water partition coefficient (Wildman–Crippen LogP) is -2.37. The van der Waals surface area contributed by atoms with Gasteiger partial charge in [0.2, 0.25) is 5.91 Å². The molecular weight excluding hydrogens is 246 g/mol. The molecule has 8 nitrogen and oxygen atoms in total. The SMILES string of the molecule is CC(=O)NC1(C(=O)O)C(O)C(O)C2C(C(=O)O)C21. The molecule has 2 saturated carbocycles. The van der Waals surface area contributed by atoms with Gasteiger partial charge in [-0.25, -0.2) is 4.79 Å². The van der Waals surface area contributed by atoms with Crippen LogP contribution in [0.4, 0.5) is 0 Å². The number of aliphatic carboxylic acids is 2. The highest BCUT2D eigenvalue weighted by molar-refractivity contribution is 5.91. The first kappa shape index (κ1) is 12.8. The van der Waals surface area contributed by atoms with Crippen LogP contribution in [0.5, 0.6) is 0 Å². The van der Waals surface area contributed by atoms with E-state index in [4.69, 9.17) is 5.11 Å². The summed E-state index contributed by atoms with van der Waals surface area (Å²) in [5, 5.41) is 39.7. The van der Waals surface area contributed by atoms with Crippen molar-refractivity contribution in [3.8, 4) is 0 Å². The molecule has 2 fully saturated rings. The topological polar surface area (TPSA) is 144 Å². The largest absolute Gasteiger partial charge is 0.481 e. The van der Waals surface area contributed by atoms with Crippen LogP contribution in [0.25, 0.3) is 0 Å². The molecule has 100 valence electrons. The summed E-state index contributed by atoms with van der Waals surface area (Å²) in [5.41, 5.74) is -2.13. The van der Waals surface area contributed by atoms with Crippen molar-refractivity contribution in [1.29, 1.82) is 0 Å². The summed E-state index contributed by atoms with van der Waals surface area (Å²) in [6.07, 6.45) is -3.19. The summed E-state index contributed by atoms with van der Waals surface area (Å²) in [7, 11) is 0. The van der Waals surface area contributed by atoms with Gasteiger partial charge in [0, 0.05) is 18.8 Å². The maximum atomic E-state index is 11.3. The Labute approximate surface area is 101 Å². The smallest absolute Gasteiger partial charge is 0.332 e. The molecule has 0 heterocycles. The molecule has 0 saturated heterocycles. The fourth-order valence-electron chi connectivity index (χ4n) is 3.11. The Morgan fingerprint density at radius 1 is 1.17 bits per heavy atom. The lowest BCUT2D eigenvalue weighted by Gasteiger charge is -2.33. The third kappa shape index (κ3) is 1.36. The molecule has 2 rings (SSSR count). The van der Waals surface area contributed by atoms with Gasteiger partial charge in [0.1, 0.15) is 6.10 Å². The summed E-state index contributed by atoms with van der Waals surface area (Å²) < 4.78 is 0. The van der Waals surface area contributed by atoms with E-state index in [1.807, 2.05) is 0 Å². The van der Waals surface area contributed by atoms with Gasteiger partial charge in [-0.05, 0) is 0 Å². The third-order valence-electron chi connectivity index (χ3n) is 3.81. The van der Waals surface area contributed by atoms with Gasteiger partial charge in [0.15, 0.2) is 5.54 Å². The monoisotopic (exact) mass is 259 g/mol. The van der Waals surface area contributed by atoms with Gasteiger partial charge in [-0.3, -0.25) is 9.59 Å². The van der Waals surface area contributed by atoms with Crippen LogP contribution in [0.2, 0.25) is 0 Å². The van der Waals surface area contributed by atoms with Crippen LogP contribution in [0.3, 0.4) is 0 Å². The molecule has 18 heavy (non-hydrogen) atoms. The van der Waals surface area contributed by atoms with Crippen LogP contribution in [-0.2, 0) is 14.4 Å². The first-order valence-corrected chi connectivity index (χ1v) is 5.36. The van der Waals surface area contributed by atoms with Gasteiger partial charge in [-0.15, -0.1) is 0 Å². The second-order valence-corrected chi connectivity index (χ2v) is 4.76. The molecule has 0 bridgehead atoms. The van der Waals surface area contributed by atoms with Gasteiger partial charge in [-0.1, -0.05) is 0 Å². The summed E-state index contributed by atoms with van der Waals surface area (Å²) in [6, 6.07) is 0. The zero-order valence-electron chi connectivity index (χ0n) is 9.40. The number of fused-ring (bicyclic) bond motifs is 1. The number of hydrogen-bond acceptors (Lipinski definition) is 5. The summed E-state index contributed by atoms with van der Waals surface area (Å²) in [6.45, 7) is 1.06. The van der Waals surface area contributed by atoms with Gasteiger partial charge < -0.3 is 25.7 Å². The van der Waals surface area contributed by atoms with Crippen molar-refractivity contribution in [3.05, 3.63) is 0 Å². The lowest BCUT2D eigenvalue weighted by molar-refractivity contribution is -0.158. The van der Waals surface area contributed by atoms with E-state index in [2.05, 4.69) is 5.32 Å². The molecule has 0 aromatic carbocycles. The van der Waals surface area contributed by atoms with Crippen LogP contribution in [0.1, 0.15) is 6.92 Å². The molecule has 8 heteroatoms. The Balaban J connectivity index is 2.42. The zero-order valence-corrected chi connectivity index (χ0v) is 9.40. The molecule has 6 atom stereocenters. The average Bonchev–Trinajstić information content (AvgIpc) is 2.93. The normalized spacial score (nSPS) is 45.2. The number of carbonyl (C=O) groups is 3. The van der Waals surface area contributed by atoms with Gasteiger partial charge >= 0.3 is 11.9 Å². The number of aliphatic hydroxyl groups excluding tert-OH is 2. The number of nitrogens with one attached hydrogen (secondary N) is 1. The van der Waals surface area contributed by atoms with Crippen molar-refractivity contribution in [2.24, 2.45) is 17.8 Å². The Hall–Kier alpha value is -1.67. The summed E-state index contributed by atoms with van der Waals surface area (Å²) in [5.74, 6) is -6.40. The molecule has 5 N–H and O–H groups in total. The first-order valence-electron chi connectivity index (χ1n) is 5.36. The Morgan fingerprint density at radius 2 is 1.72 bits per heavy atom. The molecule has 1 amide bonds. The number of amides is 1. The van der Waals surface area contributed by atoms with Gasteiger partial charge in [-0.2, -0.15) is 0 Å². The number of carbonyl (C=O) groups excluding carboxylic acids is 1. The number of rotatable bonds is 3. The first-order chi connectivity index (χ1) is 8.25. The van der Waals surface area contributed by atoms with Crippen molar-refractivity contribution in [2.75, 3.05) is 0 Å². The fourth-order valence-corrected chi connectivity index (χ4v) is 3.11. The maximum Gasteiger partial charge on any atom is 0.332 e. The molecular formula is C10H13NO7. The molecule has 2 aliphatic rings. The van der Waals surface area contributed by atoms with Crippen molar-refractivity contribution in [2.45, 2.75) is 24.7 Å². The van der Waals surface area contributed by atoms with Gasteiger partial charge in [0.05, 0.1) is 12.0 Å². The number of hydrogen-bond donors (Lipinski definition) is 5. The Kier molecular flexibility index (Phi) is 2.60. The fraction of sp³-hybridized carbons (Fsp3) is 0.700. The van der Waals surface area contributed by atoms with Crippen LogP contribution in [0, 0.1) is 17.8 Å². The maximum absolute atomic E-state index is 11.3. The van der Waals surface area contributed by atoms with Crippen LogP contribution < -0.4 is 5.32 Å². The molecule has 0 aromatic heterocycles. The zero-order chi connectivity index (χ0) is 13.8. The highest BCUT2D eigenvalue weighted by Gasteiger charge is 2.79. The standard InChI is InChI=1S/C10H13NO7/c1-2(12)11-10(9(17)18)5-3(4(5)8(15)16)6(13)7(10)14/h3-7,13-14H,1H3,(H,11,12)(H,15,16)(H,17,18). The Bertz CT molecular complexity index is 436. The van der Waals surface area contributed by atoms with Crippen LogP contribution >= 0.6 is 0 Å². The second-order valence-electron chi connectivity index (χ2n) is 4.76. The molecule has 0 aliphatic heterocycles. The molecule has 0 spiro atoms. The predicted molar refractivity (Wildman–Crippen MR) is 54.3 cm³/mol. The van der Waals surface area contributed by atoms with Crippen molar-refractivity contribution in [3.63, 3.8) is 0 Å². The van der Waals surface area contributed by atoms with E-state index in [1.165, 1.54) is 0 Å². The number of aliphatic hydroxyl groups is 2. The van der Waals surface area contributed by atoms with E-state index in [-0.39, 0.29) is 0 Å². The second kappa shape index (κ2) is 3.66.